The Labute approximate surface area is 148 Å². The lowest BCUT2D eigenvalue weighted by Crippen LogP contribution is -2.33. The maximum absolute atomic E-state index is 13.3. The standard InChI is InChI=1S/C17H19F3N2O3S/c1-2-7-22(10-11-3-4-11)26(24,25)12-5-6-15-13(8-12)14(17(18,19)20)9-16(23)21-15/h5-6,8-9,11H,2-4,7,10H2,1H3,(H,21,23). The van der Waals surface area contributed by atoms with E-state index in [9.17, 15) is 26.4 Å². The molecule has 0 bridgehead atoms. The van der Waals surface area contributed by atoms with E-state index in [0.29, 0.717) is 31.5 Å². The van der Waals surface area contributed by atoms with Gasteiger partial charge < -0.3 is 4.98 Å². The molecule has 3 rings (SSSR count). The lowest BCUT2D eigenvalue weighted by Gasteiger charge is -2.22. The van der Waals surface area contributed by atoms with Crippen LogP contribution in [0, 0.1) is 5.92 Å². The molecule has 1 N–H and O–H groups in total. The number of sulfonamides is 1. The maximum atomic E-state index is 13.3. The summed E-state index contributed by atoms with van der Waals surface area (Å²) in [5.74, 6) is 0.318. The van der Waals surface area contributed by atoms with Crippen LogP contribution in [0.25, 0.3) is 10.9 Å². The van der Waals surface area contributed by atoms with Gasteiger partial charge in [-0.15, -0.1) is 0 Å². The van der Waals surface area contributed by atoms with Crippen molar-refractivity contribution in [3.63, 3.8) is 0 Å². The second-order valence-electron chi connectivity index (χ2n) is 6.56. The summed E-state index contributed by atoms with van der Waals surface area (Å²) in [6.07, 6.45) is -2.22. The summed E-state index contributed by atoms with van der Waals surface area (Å²) in [5.41, 5.74) is -2.08. The van der Waals surface area contributed by atoms with E-state index in [0.717, 1.165) is 18.9 Å². The summed E-state index contributed by atoms with van der Waals surface area (Å²) >= 11 is 0. The molecule has 0 spiro atoms. The first-order chi connectivity index (χ1) is 12.1. The molecule has 0 unspecified atom stereocenters. The van der Waals surface area contributed by atoms with Crippen LogP contribution >= 0.6 is 0 Å². The average Bonchev–Trinajstić information content (AvgIpc) is 3.36. The number of aromatic nitrogens is 1. The molecule has 0 radical (unpaired) electrons. The van der Waals surface area contributed by atoms with E-state index >= 15 is 0 Å². The van der Waals surface area contributed by atoms with Gasteiger partial charge in [-0.25, -0.2) is 8.42 Å². The first-order valence-corrected chi connectivity index (χ1v) is 9.81. The lowest BCUT2D eigenvalue weighted by atomic mass is 10.1. The van der Waals surface area contributed by atoms with Crippen molar-refractivity contribution in [1.82, 2.24) is 9.29 Å². The van der Waals surface area contributed by atoms with Crippen molar-refractivity contribution in [2.24, 2.45) is 5.92 Å². The Morgan fingerprint density at radius 2 is 1.92 bits per heavy atom. The second kappa shape index (κ2) is 6.70. The van der Waals surface area contributed by atoms with Crippen molar-refractivity contribution >= 4 is 20.9 Å². The minimum Gasteiger partial charge on any atom is -0.322 e. The first kappa shape index (κ1) is 18.9. The zero-order valence-electron chi connectivity index (χ0n) is 14.1. The van der Waals surface area contributed by atoms with Crippen LogP contribution in [-0.2, 0) is 16.2 Å². The Kier molecular flexibility index (Phi) is 4.87. The summed E-state index contributed by atoms with van der Waals surface area (Å²) < 4.78 is 67.0. The number of halogens is 3. The van der Waals surface area contributed by atoms with E-state index in [-0.39, 0.29) is 15.8 Å². The van der Waals surface area contributed by atoms with E-state index in [1.807, 2.05) is 6.92 Å². The van der Waals surface area contributed by atoms with E-state index in [1.54, 1.807) is 0 Å². The number of fused-ring (bicyclic) bond motifs is 1. The van der Waals surface area contributed by atoms with Crippen molar-refractivity contribution in [3.8, 4) is 0 Å². The van der Waals surface area contributed by atoms with Gasteiger partial charge in [0.05, 0.1) is 10.5 Å². The highest BCUT2D eigenvalue weighted by molar-refractivity contribution is 7.89. The molecule has 1 aromatic carbocycles. The number of benzene rings is 1. The van der Waals surface area contributed by atoms with Crippen LogP contribution in [-0.4, -0.2) is 30.8 Å². The molecule has 1 fully saturated rings. The normalized spacial score (nSPS) is 15.7. The minimum atomic E-state index is -4.76. The molecular weight excluding hydrogens is 369 g/mol. The van der Waals surface area contributed by atoms with E-state index in [2.05, 4.69) is 4.98 Å². The molecule has 142 valence electrons. The zero-order valence-corrected chi connectivity index (χ0v) is 15.0. The summed E-state index contributed by atoms with van der Waals surface area (Å²) in [4.78, 5) is 13.6. The predicted molar refractivity (Wildman–Crippen MR) is 91.3 cm³/mol. The molecular formula is C17H19F3N2O3S. The van der Waals surface area contributed by atoms with E-state index in [1.165, 1.54) is 16.4 Å². The fourth-order valence-electron chi connectivity index (χ4n) is 2.92. The van der Waals surface area contributed by atoms with Gasteiger partial charge in [-0.3, -0.25) is 4.79 Å². The molecule has 26 heavy (non-hydrogen) atoms. The summed E-state index contributed by atoms with van der Waals surface area (Å²) in [6.45, 7) is 2.54. The van der Waals surface area contributed by atoms with E-state index in [4.69, 9.17) is 0 Å². The van der Waals surface area contributed by atoms with Gasteiger partial charge in [-0.1, -0.05) is 6.92 Å². The Morgan fingerprint density at radius 3 is 2.50 bits per heavy atom. The van der Waals surface area contributed by atoms with Crippen molar-refractivity contribution in [3.05, 3.63) is 40.2 Å². The van der Waals surface area contributed by atoms with Gasteiger partial charge in [0.1, 0.15) is 0 Å². The van der Waals surface area contributed by atoms with Gasteiger partial charge in [0, 0.05) is 30.1 Å². The molecule has 1 heterocycles. The van der Waals surface area contributed by atoms with Crippen molar-refractivity contribution in [2.45, 2.75) is 37.3 Å². The van der Waals surface area contributed by atoms with Crippen LogP contribution < -0.4 is 5.56 Å². The maximum Gasteiger partial charge on any atom is 0.417 e. The third kappa shape index (κ3) is 3.78. The molecule has 0 atom stereocenters. The van der Waals surface area contributed by atoms with Gasteiger partial charge in [-0.2, -0.15) is 17.5 Å². The number of H-pyrrole nitrogens is 1. The highest BCUT2D eigenvalue weighted by atomic mass is 32.2. The number of alkyl halides is 3. The Bertz CT molecular complexity index is 979. The molecule has 5 nitrogen and oxygen atoms in total. The first-order valence-electron chi connectivity index (χ1n) is 8.37. The van der Waals surface area contributed by atoms with Gasteiger partial charge in [0.15, 0.2) is 0 Å². The monoisotopic (exact) mass is 388 g/mol. The largest absolute Gasteiger partial charge is 0.417 e. The second-order valence-corrected chi connectivity index (χ2v) is 8.50. The Morgan fingerprint density at radius 1 is 1.23 bits per heavy atom. The van der Waals surface area contributed by atoms with Crippen LogP contribution in [0.4, 0.5) is 13.2 Å². The topological polar surface area (TPSA) is 70.2 Å². The van der Waals surface area contributed by atoms with Crippen LogP contribution in [0.5, 0.6) is 0 Å². The van der Waals surface area contributed by atoms with E-state index < -0.39 is 27.3 Å². The van der Waals surface area contributed by atoms with Gasteiger partial charge >= 0.3 is 6.18 Å². The van der Waals surface area contributed by atoms with Crippen molar-refractivity contribution in [2.75, 3.05) is 13.1 Å². The molecule has 2 aromatic rings. The molecule has 0 aliphatic heterocycles. The Balaban J connectivity index is 2.12. The SMILES string of the molecule is CCCN(CC1CC1)S(=O)(=O)c1ccc2[nH]c(=O)cc(C(F)(F)F)c2c1. The summed E-state index contributed by atoms with van der Waals surface area (Å²) in [6, 6.07) is 3.90. The molecule has 0 amide bonds. The Hall–Kier alpha value is -1.87. The fourth-order valence-corrected chi connectivity index (χ4v) is 4.56. The third-order valence-corrected chi connectivity index (χ3v) is 6.25. The average molecular weight is 388 g/mol. The number of nitrogens with zero attached hydrogens (tertiary/aromatic N) is 1. The zero-order chi connectivity index (χ0) is 19.1. The molecule has 0 saturated heterocycles. The van der Waals surface area contributed by atoms with Crippen LogP contribution in [0.1, 0.15) is 31.7 Å². The molecule has 1 aliphatic rings. The van der Waals surface area contributed by atoms with Gasteiger partial charge in [0.25, 0.3) is 0 Å². The van der Waals surface area contributed by atoms with Gasteiger partial charge in [-0.05, 0) is 43.4 Å². The predicted octanol–water partition coefficient (Wildman–Crippen LogP) is 3.36. The van der Waals surface area contributed by atoms with Crippen LogP contribution in [0.2, 0.25) is 0 Å². The highest BCUT2D eigenvalue weighted by Gasteiger charge is 2.35. The number of hydrogen-bond acceptors (Lipinski definition) is 3. The highest BCUT2D eigenvalue weighted by Crippen LogP contribution is 2.35. The molecule has 1 aromatic heterocycles. The number of hydrogen-bond donors (Lipinski definition) is 1. The van der Waals surface area contributed by atoms with Crippen molar-refractivity contribution < 1.29 is 21.6 Å². The van der Waals surface area contributed by atoms with Crippen LogP contribution in [0.3, 0.4) is 0 Å². The number of aromatic amines is 1. The number of pyridine rings is 1. The van der Waals surface area contributed by atoms with Gasteiger partial charge in [0.2, 0.25) is 15.6 Å². The van der Waals surface area contributed by atoms with Crippen molar-refractivity contribution in [1.29, 1.82) is 0 Å². The molecule has 9 heteroatoms. The third-order valence-electron chi connectivity index (χ3n) is 4.39. The summed E-state index contributed by atoms with van der Waals surface area (Å²) in [5, 5.41) is -0.332. The lowest BCUT2D eigenvalue weighted by molar-refractivity contribution is -0.136. The quantitative estimate of drug-likeness (QED) is 0.825. The smallest absolute Gasteiger partial charge is 0.322 e. The number of rotatable bonds is 6. The van der Waals surface area contributed by atoms with Crippen LogP contribution in [0.15, 0.2) is 34.0 Å². The fraction of sp³-hybridized carbons (Fsp3) is 0.471. The number of nitrogens with one attached hydrogen (secondary N) is 1. The summed E-state index contributed by atoms with van der Waals surface area (Å²) in [7, 11) is -3.91. The molecule has 1 aliphatic carbocycles. The minimum absolute atomic E-state index is 0.0481. The molecule has 1 saturated carbocycles.